The third-order valence-electron chi connectivity index (χ3n) is 5.28. The summed E-state index contributed by atoms with van der Waals surface area (Å²) >= 11 is 0. The van der Waals surface area contributed by atoms with Crippen LogP contribution in [0.5, 0.6) is 0 Å². The van der Waals surface area contributed by atoms with E-state index in [2.05, 4.69) is 10.6 Å². The molecule has 1 aromatic rings. The van der Waals surface area contributed by atoms with Gasteiger partial charge in [-0.1, -0.05) is 19.3 Å². The molecule has 2 saturated carbocycles. The molecular formula is C20H26N2O3. The van der Waals surface area contributed by atoms with Crippen LogP contribution >= 0.6 is 0 Å². The van der Waals surface area contributed by atoms with Crippen LogP contribution in [0.4, 0.5) is 5.69 Å². The van der Waals surface area contributed by atoms with Gasteiger partial charge in [-0.2, -0.15) is 0 Å². The van der Waals surface area contributed by atoms with E-state index in [0.29, 0.717) is 17.3 Å². The van der Waals surface area contributed by atoms with Crippen LogP contribution in [-0.2, 0) is 9.59 Å². The van der Waals surface area contributed by atoms with Crippen molar-refractivity contribution in [2.75, 3.05) is 5.32 Å². The molecule has 0 unspecified atom stereocenters. The van der Waals surface area contributed by atoms with Crippen LogP contribution in [0, 0.1) is 5.41 Å². The molecule has 0 spiro atoms. The lowest BCUT2D eigenvalue weighted by Crippen LogP contribution is -2.42. The first kappa shape index (κ1) is 17.6. The molecule has 5 heteroatoms. The zero-order valence-corrected chi connectivity index (χ0v) is 14.8. The third kappa shape index (κ3) is 4.47. The Morgan fingerprint density at radius 2 is 1.68 bits per heavy atom. The second-order valence-electron chi connectivity index (χ2n) is 7.45. The van der Waals surface area contributed by atoms with Gasteiger partial charge in [-0.05, 0) is 56.9 Å². The summed E-state index contributed by atoms with van der Waals surface area (Å²) in [5.41, 5.74) is 0.674. The van der Waals surface area contributed by atoms with Crippen LogP contribution in [0.15, 0.2) is 24.3 Å². The van der Waals surface area contributed by atoms with Crippen molar-refractivity contribution in [3.8, 4) is 0 Å². The Hall–Kier alpha value is -2.17. The fourth-order valence-corrected chi connectivity index (χ4v) is 3.58. The van der Waals surface area contributed by atoms with Crippen LogP contribution < -0.4 is 10.6 Å². The predicted molar refractivity (Wildman–Crippen MR) is 96.4 cm³/mol. The number of ketones is 1. The van der Waals surface area contributed by atoms with Crippen molar-refractivity contribution in [3.63, 3.8) is 0 Å². The Balaban J connectivity index is 1.69. The number of Topliss-reactive ketones (excluding diaryl/α,β-unsaturated/α-hetero) is 1. The molecule has 0 atom stereocenters. The SMILES string of the molecule is CC(=O)c1ccc(NC(=O)C2(CC(=O)NC3CC3)CCCCC2)cc1. The van der Waals surface area contributed by atoms with Gasteiger partial charge in [-0.25, -0.2) is 0 Å². The maximum atomic E-state index is 13.0. The van der Waals surface area contributed by atoms with Crippen molar-refractivity contribution in [2.24, 2.45) is 5.41 Å². The highest BCUT2D eigenvalue weighted by Crippen LogP contribution is 2.40. The number of hydrogen-bond donors (Lipinski definition) is 2. The summed E-state index contributed by atoms with van der Waals surface area (Å²) in [5.74, 6) is -0.0847. The normalized spacial score (nSPS) is 19.1. The van der Waals surface area contributed by atoms with Gasteiger partial charge in [-0.15, -0.1) is 0 Å². The van der Waals surface area contributed by atoms with Crippen LogP contribution in [0.3, 0.4) is 0 Å². The molecule has 0 bridgehead atoms. The lowest BCUT2D eigenvalue weighted by Gasteiger charge is -2.35. The Bertz CT molecular complexity index is 656. The smallest absolute Gasteiger partial charge is 0.231 e. The number of nitrogens with one attached hydrogen (secondary N) is 2. The summed E-state index contributed by atoms with van der Waals surface area (Å²) in [6.45, 7) is 1.52. The number of carbonyl (C=O) groups excluding carboxylic acids is 3. The molecule has 2 fully saturated rings. The summed E-state index contributed by atoms with van der Waals surface area (Å²) < 4.78 is 0. The lowest BCUT2D eigenvalue weighted by atomic mass is 9.70. The first-order chi connectivity index (χ1) is 12.0. The molecule has 2 amide bonds. The summed E-state index contributed by atoms with van der Waals surface area (Å²) in [5, 5.41) is 5.97. The molecule has 0 saturated heterocycles. The number of benzene rings is 1. The van der Waals surface area contributed by atoms with Gasteiger partial charge in [0.05, 0.1) is 5.41 Å². The largest absolute Gasteiger partial charge is 0.353 e. The highest BCUT2D eigenvalue weighted by Gasteiger charge is 2.42. The predicted octanol–water partition coefficient (Wildman–Crippen LogP) is 3.45. The van der Waals surface area contributed by atoms with Crippen molar-refractivity contribution in [2.45, 2.75) is 64.3 Å². The van der Waals surface area contributed by atoms with E-state index in [1.54, 1.807) is 24.3 Å². The van der Waals surface area contributed by atoms with Gasteiger partial charge < -0.3 is 10.6 Å². The Morgan fingerprint density at radius 1 is 1.04 bits per heavy atom. The van der Waals surface area contributed by atoms with Gasteiger partial charge in [0.15, 0.2) is 5.78 Å². The lowest BCUT2D eigenvalue weighted by molar-refractivity contribution is -0.134. The number of carbonyl (C=O) groups is 3. The minimum absolute atomic E-state index is 0.00151. The molecule has 1 aromatic carbocycles. The second kappa shape index (κ2) is 7.38. The van der Waals surface area contributed by atoms with E-state index < -0.39 is 5.41 Å². The van der Waals surface area contributed by atoms with Gasteiger partial charge in [-0.3, -0.25) is 14.4 Å². The Labute approximate surface area is 148 Å². The van der Waals surface area contributed by atoms with Gasteiger partial charge in [0.1, 0.15) is 0 Å². The van der Waals surface area contributed by atoms with Crippen LogP contribution in [0.1, 0.15) is 68.6 Å². The van der Waals surface area contributed by atoms with Crippen LogP contribution in [-0.4, -0.2) is 23.6 Å². The topological polar surface area (TPSA) is 75.3 Å². The van der Waals surface area contributed by atoms with Gasteiger partial charge in [0.25, 0.3) is 0 Å². The Morgan fingerprint density at radius 3 is 2.24 bits per heavy atom. The maximum Gasteiger partial charge on any atom is 0.231 e. The van der Waals surface area contributed by atoms with Crippen molar-refractivity contribution in [1.82, 2.24) is 5.32 Å². The summed E-state index contributed by atoms with van der Waals surface area (Å²) in [4.78, 5) is 36.7. The second-order valence-corrected chi connectivity index (χ2v) is 7.45. The van der Waals surface area contributed by atoms with E-state index in [1.807, 2.05) is 0 Å². The minimum atomic E-state index is -0.615. The first-order valence-corrected chi connectivity index (χ1v) is 9.20. The Kier molecular flexibility index (Phi) is 5.21. The third-order valence-corrected chi connectivity index (χ3v) is 5.28. The monoisotopic (exact) mass is 342 g/mol. The quantitative estimate of drug-likeness (QED) is 0.778. The van der Waals surface area contributed by atoms with E-state index in [0.717, 1.165) is 44.9 Å². The van der Waals surface area contributed by atoms with Crippen LogP contribution in [0.25, 0.3) is 0 Å². The molecule has 134 valence electrons. The standard InChI is InChI=1S/C20H26N2O3/c1-14(23)15-5-7-17(8-6-15)22-19(25)20(11-3-2-4-12-20)13-18(24)21-16-9-10-16/h5-8,16H,2-4,9-13H2,1H3,(H,21,24)(H,22,25). The number of hydrogen-bond acceptors (Lipinski definition) is 3. The fraction of sp³-hybridized carbons (Fsp3) is 0.550. The maximum absolute atomic E-state index is 13.0. The average molecular weight is 342 g/mol. The number of rotatable bonds is 6. The van der Waals surface area contributed by atoms with Crippen molar-refractivity contribution >= 4 is 23.3 Å². The minimum Gasteiger partial charge on any atom is -0.353 e. The van der Waals surface area contributed by atoms with Crippen molar-refractivity contribution < 1.29 is 14.4 Å². The summed E-state index contributed by atoms with van der Waals surface area (Å²) in [6, 6.07) is 7.23. The molecule has 25 heavy (non-hydrogen) atoms. The zero-order chi connectivity index (χ0) is 17.9. The van der Waals surface area contributed by atoms with E-state index >= 15 is 0 Å². The van der Waals surface area contributed by atoms with Crippen molar-refractivity contribution in [3.05, 3.63) is 29.8 Å². The highest BCUT2D eigenvalue weighted by atomic mass is 16.2. The van der Waals surface area contributed by atoms with Gasteiger partial charge >= 0.3 is 0 Å². The van der Waals surface area contributed by atoms with E-state index in [9.17, 15) is 14.4 Å². The molecule has 5 nitrogen and oxygen atoms in total. The van der Waals surface area contributed by atoms with E-state index in [-0.39, 0.29) is 24.0 Å². The van der Waals surface area contributed by atoms with E-state index in [1.165, 1.54) is 6.92 Å². The molecule has 2 aliphatic rings. The van der Waals surface area contributed by atoms with E-state index in [4.69, 9.17) is 0 Å². The zero-order valence-electron chi connectivity index (χ0n) is 14.8. The molecule has 0 aliphatic heterocycles. The molecule has 0 aromatic heterocycles. The average Bonchev–Trinajstić information content (AvgIpc) is 3.40. The number of amides is 2. The molecular weight excluding hydrogens is 316 g/mol. The summed E-state index contributed by atoms with van der Waals surface area (Å²) in [6.07, 6.45) is 6.94. The van der Waals surface area contributed by atoms with Gasteiger partial charge in [0.2, 0.25) is 11.8 Å². The highest BCUT2D eigenvalue weighted by molar-refractivity contribution is 5.99. The first-order valence-electron chi connectivity index (χ1n) is 9.20. The van der Waals surface area contributed by atoms with Crippen LogP contribution in [0.2, 0.25) is 0 Å². The molecule has 2 aliphatic carbocycles. The van der Waals surface area contributed by atoms with Gasteiger partial charge in [0, 0.05) is 23.7 Å². The van der Waals surface area contributed by atoms with Crippen molar-refractivity contribution in [1.29, 1.82) is 0 Å². The number of anilines is 1. The fourth-order valence-electron chi connectivity index (χ4n) is 3.58. The summed E-state index contributed by atoms with van der Waals surface area (Å²) in [7, 11) is 0. The molecule has 0 radical (unpaired) electrons. The molecule has 3 rings (SSSR count). The molecule has 0 heterocycles. The molecule has 2 N–H and O–H groups in total.